The molecule has 1 fully saturated rings. The lowest BCUT2D eigenvalue weighted by atomic mass is 9.88. The first kappa shape index (κ1) is 18.4. The molecule has 3 N–H and O–H groups in total. The second kappa shape index (κ2) is 7.87. The summed E-state index contributed by atoms with van der Waals surface area (Å²) < 4.78 is 0. The number of rotatable bonds is 5. The minimum Gasteiger partial charge on any atom is -0.365 e. The third-order valence-electron chi connectivity index (χ3n) is 5.60. The largest absolute Gasteiger partial charge is 0.365 e. The van der Waals surface area contributed by atoms with Crippen LogP contribution in [-0.2, 0) is 17.6 Å². The van der Waals surface area contributed by atoms with Gasteiger partial charge in [0.15, 0.2) is 0 Å². The standard InChI is InChI=1S/C19H29N3O2S/c1-12-8-9-14-15(10-12)25-19(17(14)18(20)24)21-16(23)11-22(2)13-6-4-3-5-7-13/h12-13H,3-11H2,1-2H3,(H2,20,24)(H,21,23). The maximum atomic E-state index is 12.5. The molecule has 2 amide bonds. The molecule has 1 saturated carbocycles. The van der Waals surface area contributed by atoms with Crippen LogP contribution in [0.1, 0.15) is 66.2 Å². The van der Waals surface area contributed by atoms with E-state index in [0.717, 1.165) is 24.8 Å². The van der Waals surface area contributed by atoms with Gasteiger partial charge in [0.1, 0.15) is 5.00 Å². The number of amides is 2. The number of likely N-dealkylation sites (N-methyl/N-ethyl adjacent to an activating group) is 1. The molecule has 5 nitrogen and oxygen atoms in total. The highest BCUT2D eigenvalue weighted by atomic mass is 32.1. The van der Waals surface area contributed by atoms with Crippen LogP contribution in [-0.4, -0.2) is 36.3 Å². The third-order valence-corrected chi connectivity index (χ3v) is 6.77. The molecular formula is C19H29N3O2S. The summed E-state index contributed by atoms with van der Waals surface area (Å²) >= 11 is 1.53. The fraction of sp³-hybridized carbons (Fsp3) is 0.684. The molecule has 6 heteroatoms. The Morgan fingerprint density at radius 3 is 2.64 bits per heavy atom. The van der Waals surface area contributed by atoms with E-state index in [4.69, 9.17) is 5.73 Å². The van der Waals surface area contributed by atoms with Crippen LogP contribution >= 0.6 is 11.3 Å². The average Bonchev–Trinajstić information content (AvgIpc) is 2.92. The minimum atomic E-state index is -0.428. The molecular weight excluding hydrogens is 334 g/mol. The summed E-state index contributed by atoms with van der Waals surface area (Å²) in [7, 11) is 2.02. The fourth-order valence-corrected chi connectivity index (χ4v) is 5.58. The number of thiophene rings is 1. The summed E-state index contributed by atoms with van der Waals surface area (Å²) in [5, 5.41) is 3.62. The Morgan fingerprint density at radius 1 is 1.24 bits per heavy atom. The van der Waals surface area contributed by atoms with Crippen LogP contribution in [0, 0.1) is 5.92 Å². The normalized spacial score (nSPS) is 21.2. The lowest BCUT2D eigenvalue weighted by Crippen LogP contribution is -2.39. The van der Waals surface area contributed by atoms with Crippen LogP contribution in [0.4, 0.5) is 5.00 Å². The summed E-state index contributed by atoms with van der Waals surface area (Å²) in [6.07, 6.45) is 9.06. The molecule has 2 aliphatic carbocycles. The first-order valence-electron chi connectivity index (χ1n) is 9.40. The van der Waals surface area contributed by atoms with Crippen molar-refractivity contribution in [2.75, 3.05) is 18.9 Å². The Bertz CT molecular complexity index is 649. The van der Waals surface area contributed by atoms with Gasteiger partial charge in [-0.1, -0.05) is 26.2 Å². The molecule has 2 aliphatic rings. The predicted octanol–water partition coefficient (Wildman–Crippen LogP) is 3.17. The molecule has 0 bridgehead atoms. The Hall–Kier alpha value is -1.40. The number of hydrogen-bond donors (Lipinski definition) is 2. The van der Waals surface area contributed by atoms with Crippen LogP contribution in [0.3, 0.4) is 0 Å². The van der Waals surface area contributed by atoms with Gasteiger partial charge >= 0.3 is 0 Å². The molecule has 3 rings (SSSR count). The van der Waals surface area contributed by atoms with Gasteiger partial charge in [-0.25, -0.2) is 0 Å². The summed E-state index contributed by atoms with van der Waals surface area (Å²) in [5.74, 6) is 0.137. The number of carbonyl (C=O) groups is 2. The van der Waals surface area contributed by atoms with E-state index < -0.39 is 5.91 Å². The van der Waals surface area contributed by atoms with Crippen molar-refractivity contribution in [1.82, 2.24) is 4.90 Å². The van der Waals surface area contributed by atoms with E-state index in [1.54, 1.807) is 0 Å². The van der Waals surface area contributed by atoms with Gasteiger partial charge in [-0.15, -0.1) is 11.3 Å². The van der Waals surface area contributed by atoms with E-state index >= 15 is 0 Å². The first-order valence-corrected chi connectivity index (χ1v) is 10.2. The molecule has 0 spiro atoms. The van der Waals surface area contributed by atoms with E-state index in [2.05, 4.69) is 17.1 Å². The van der Waals surface area contributed by atoms with Crippen molar-refractivity contribution in [3.8, 4) is 0 Å². The molecule has 1 atom stereocenters. The monoisotopic (exact) mass is 363 g/mol. The molecule has 1 unspecified atom stereocenters. The topological polar surface area (TPSA) is 75.4 Å². The van der Waals surface area contributed by atoms with Crippen molar-refractivity contribution in [3.63, 3.8) is 0 Å². The highest BCUT2D eigenvalue weighted by Crippen LogP contribution is 2.39. The van der Waals surface area contributed by atoms with Crippen molar-refractivity contribution >= 4 is 28.2 Å². The van der Waals surface area contributed by atoms with E-state index in [-0.39, 0.29) is 5.91 Å². The van der Waals surface area contributed by atoms with Gasteiger partial charge in [-0.2, -0.15) is 0 Å². The van der Waals surface area contributed by atoms with Crippen LogP contribution in [0.25, 0.3) is 0 Å². The molecule has 0 aliphatic heterocycles. The Labute approximate surface area is 154 Å². The minimum absolute atomic E-state index is 0.0535. The smallest absolute Gasteiger partial charge is 0.251 e. The highest BCUT2D eigenvalue weighted by molar-refractivity contribution is 7.17. The molecule has 0 aromatic carbocycles. The first-order chi connectivity index (χ1) is 12.0. The van der Waals surface area contributed by atoms with Gasteiger partial charge in [0.2, 0.25) is 5.91 Å². The van der Waals surface area contributed by atoms with Crippen molar-refractivity contribution < 1.29 is 9.59 Å². The van der Waals surface area contributed by atoms with Gasteiger partial charge in [-0.3, -0.25) is 14.5 Å². The SMILES string of the molecule is CC1CCc2c(sc(NC(=O)CN(C)C3CCCCC3)c2C(N)=O)C1. The molecule has 0 radical (unpaired) electrons. The molecule has 1 aromatic heterocycles. The fourth-order valence-electron chi connectivity index (χ4n) is 4.14. The predicted molar refractivity (Wildman–Crippen MR) is 102 cm³/mol. The number of anilines is 1. The van der Waals surface area contributed by atoms with Gasteiger partial charge in [0.25, 0.3) is 5.91 Å². The van der Waals surface area contributed by atoms with E-state index in [0.29, 0.717) is 29.1 Å². The van der Waals surface area contributed by atoms with Crippen molar-refractivity contribution in [3.05, 3.63) is 16.0 Å². The second-order valence-corrected chi connectivity index (χ2v) is 8.78. The van der Waals surface area contributed by atoms with Gasteiger partial charge in [-0.05, 0) is 50.6 Å². The Kier molecular flexibility index (Phi) is 5.79. The summed E-state index contributed by atoms with van der Waals surface area (Å²) in [4.78, 5) is 27.8. The lowest BCUT2D eigenvalue weighted by Gasteiger charge is -2.30. The number of nitrogens with one attached hydrogen (secondary N) is 1. The zero-order valence-corrected chi connectivity index (χ0v) is 16.1. The summed E-state index contributed by atoms with van der Waals surface area (Å²) in [6, 6.07) is 0.493. The van der Waals surface area contributed by atoms with Gasteiger partial charge in [0, 0.05) is 10.9 Å². The number of nitrogens with zero attached hydrogens (tertiary/aromatic N) is 1. The van der Waals surface area contributed by atoms with Crippen LogP contribution in [0.5, 0.6) is 0 Å². The molecule has 25 heavy (non-hydrogen) atoms. The lowest BCUT2D eigenvalue weighted by molar-refractivity contribution is -0.117. The molecule has 1 heterocycles. The molecule has 1 aromatic rings. The second-order valence-electron chi connectivity index (χ2n) is 7.68. The Morgan fingerprint density at radius 2 is 1.96 bits per heavy atom. The van der Waals surface area contributed by atoms with Gasteiger partial charge < -0.3 is 11.1 Å². The maximum absolute atomic E-state index is 12.5. The number of fused-ring (bicyclic) bond motifs is 1. The van der Waals surface area contributed by atoms with Crippen LogP contribution in [0.2, 0.25) is 0 Å². The quantitative estimate of drug-likeness (QED) is 0.844. The number of nitrogens with two attached hydrogens (primary N) is 1. The summed E-state index contributed by atoms with van der Waals surface area (Å²) in [5.41, 5.74) is 7.22. The highest BCUT2D eigenvalue weighted by Gasteiger charge is 2.28. The molecule has 138 valence electrons. The number of carbonyl (C=O) groups excluding carboxylic acids is 2. The average molecular weight is 364 g/mol. The number of primary amides is 1. The zero-order chi connectivity index (χ0) is 18.0. The maximum Gasteiger partial charge on any atom is 0.251 e. The van der Waals surface area contributed by atoms with E-state index in [1.165, 1.54) is 48.3 Å². The summed E-state index contributed by atoms with van der Waals surface area (Å²) in [6.45, 7) is 2.59. The Balaban J connectivity index is 1.69. The van der Waals surface area contributed by atoms with Gasteiger partial charge in [0.05, 0.1) is 12.1 Å². The van der Waals surface area contributed by atoms with Crippen LogP contribution < -0.4 is 11.1 Å². The number of hydrogen-bond acceptors (Lipinski definition) is 4. The van der Waals surface area contributed by atoms with Crippen molar-refractivity contribution in [2.45, 2.75) is 64.3 Å². The van der Waals surface area contributed by atoms with Crippen molar-refractivity contribution in [1.29, 1.82) is 0 Å². The van der Waals surface area contributed by atoms with Crippen LogP contribution in [0.15, 0.2) is 0 Å². The third kappa shape index (κ3) is 4.23. The molecule has 0 saturated heterocycles. The van der Waals surface area contributed by atoms with E-state index in [1.807, 2.05) is 7.05 Å². The van der Waals surface area contributed by atoms with E-state index in [9.17, 15) is 9.59 Å². The van der Waals surface area contributed by atoms with Crippen molar-refractivity contribution in [2.24, 2.45) is 11.7 Å². The zero-order valence-electron chi connectivity index (χ0n) is 15.3.